The third-order valence-electron chi connectivity index (χ3n) is 2.08. The Morgan fingerprint density at radius 1 is 1.20 bits per heavy atom. The molecule has 0 aliphatic carbocycles. The van der Waals surface area contributed by atoms with Crippen LogP contribution >= 0.6 is 8.03 Å². The van der Waals surface area contributed by atoms with E-state index in [0.717, 1.165) is 19.3 Å². The normalized spacial score (nSPS) is 11.9. The molecule has 80 valence electrons. The van der Waals surface area contributed by atoms with E-state index in [2.05, 4.69) is 24.3 Å². The highest BCUT2D eigenvalue weighted by molar-refractivity contribution is 7.37. The van der Waals surface area contributed by atoms with Gasteiger partial charge < -0.3 is 0 Å². The van der Waals surface area contributed by atoms with Gasteiger partial charge >= 0.3 is 8.03 Å². The number of benzene rings is 1. The maximum Gasteiger partial charge on any atom is 0.505 e. The van der Waals surface area contributed by atoms with Crippen LogP contribution in [-0.2, 0) is 4.57 Å². The Morgan fingerprint density at radius 3 is 2.60 bits per heavy atom. The van der Waals surface area contributed by atoms with Gasteiger partial charge in [-0.15, -0.1) is 0 Å². The first-order valence-electron chi connectivity index (χ1n) is 5.14. The molecule has 0 aliphatic heterocycles. The molecule has 1 aromatic carbocycles. The number of unbranched alkanes of at least 4 members (excludes halogenated alkanes) is 2. The van der Waals surface area contributed by atoms with Gasteiger partial charge in [0.2, 0.25) is 0 Å². The number of rotatable bonds is 6. The van der Waals surface area contributed by atoms with Crippen LogP contribution in [0.3, 0.4) is 0 Å². The summed E-state index contributed by atoms with van der Waals surface area (Å²) >= 11 is 0. The van der Waals surface area contributed by atoms with Crippen LogP contribution in [0, 0.1) is 0 Å². The molecule has 1 atom stereocenters. The predicted molar refractivity (Wildman–Crippen MR) is 64.0 cm³/mol. The first-order valence-corrected chi connectivity index (χ1v) is 6.54. The summed E-state index contributed by atoms with van der Waals surface area (Å²) in [5, 5.41) is 0. The molecule has 0 saturated heterocycles. The lowest BCUT2D eigenvalue weighted by molar-refractivity contribution is 0.500. The van der Waals surface area contributed by atoms with E-state index in [-0.39, 0.29) is 0 Å². The largest absolute Gasteiger partial charge is 0.505 e. The SMILES string of the molecule is O=[P+](O)CCCCC=Cc1ccccc1. The lowest BCUT2D eigenvalue weighted by Gasteiger charge is -1.91. The van der Waals surface area contributed by atoms with Gasteiger partial charge in [0.1, 0.15) is 0 Å². The smallest absolute Gasteiger partial charge is 0.161 e. The first kappa shape index (κ1) is 12.1. The van der Waals surface area contributed by atoms with E-state index in [4.69, 9.17) is 4.89 Å². The van der Waals surface area contributed by atoms with E-state index >= 15 is 0 Å². The summed E-state index contributed by atoms with van der Waals surface area (Å²) in [6, 6.07) is 10.1. The molecule has 1 rings (SSSR count). The Morgan fingerprint density at radius 2 is 1.93 bits per heavy atom. The topological polar surface area (TPSA) is 37.3 Å². The van der Waals surface area contributed by atoms with Crippen LogP contribution in [0.5, 0.6) is 0 Å². The zero-order valence-corrected chi connectivity index (χ0v) is 9.57. The Bertz CT molecular complexity index is 320. The summed E-state index contributed by atoms with van der Waals surface area (Å²) in [6.45, 7) is 0. The van der Waals surface area contributed by atoms with Crippen molar-refractivity contribution in [2.45, 2.75) is 19.3 Å². The van der Waals surface area contributed by atoms with Gasteiger partial charge in [-0.2, -0.15) is 4.89 Å². The Balaban J connectivity index is 2.15. The molecule has 0 amide bonds. The lowest BCUT2D eigenvalue weighted by atomic mass is 10.2. The highest BCUT2D eigenvalue weighted by atomic mass is 31.1. The van der Waals surface area contributed by atoms with Crippen molar-refractivity contribution >= 4 is 14.1 Å². The molecule has 0 saturated carbocycles. The summed E-state index contributed by atoms with van der Waals surface area (Å²) in [4.78, 5) is 8.58. The van der Waals surface area contributed by atoms with Gasteiger partial charge in [-0.25, -0.2) is 0 Å². The second-order valence-electron chi connectivity index (χ2n) is 3.38. The number of hydrogen-bond acceptors (Lipinski definition) is 1. The minimum atomic E-state index is -1.94. The maximum atomic E-state index is 10.4. The molecule has 3 heteroatoms. The minimum absolute atomic E-state index is 0.425. The monoisotopic (exact) mass is 223 g/mol. The Hall–Kier alpha value is -0.980. The fourth-order valence-corrected chi connectivity index (χ4v) is 1.79. The molecule has 1 aromatic rings. The van der Waals surface area contributed by atoms with Gasteiger partial charge in [0.25, 0.3) is 0 Å². The van der Waals surface area contributed by atoms with Crippen LogP contribution in [-0.4, -0.2) is 11.1 Å². The van der Waals surface area contributed by atoms with Crippen LogP contribution in [0.15, 0.2) is 36.4 Å². The molecule has 2 nitrogen and oxygen atoms in total. The molecule has 0 radical (unpaired) electrons. The van der Waals surface area contributed by atoms with Crippen LogP contribution in [0.25, 0.3) is 6.08 Å². The minimum Gasteiger partial charge on any atom is -0.161 e. The second kappa shape index (κ2) is 7.33. The van der Waals surface area contributed by atoms with Crippen LogP contribution in [0.1, 0.15) is 24.8 Å². The van der Waals surface area contributed by atoms with Crippen molar-refractivity contribution in [1.29, 1.82) is 0 Å². The van der Waals surface area contributed by atoms with Crippen molar-refractivity contribution in [3.05, 3.63) is 42.0 Å². The second-order valence-corrected chi connectivity index (χ2v) is 4.54. The van der Waals surface area contributed by atoms with Gasteiger partial charge in [0.05, 0.1) is 0 Å². The van der Waals surface area contributed by atoms with E-state index in [1.165, 1.54) is 5.56 Å². The summed E-state index contributed by atoms with van der Waals surface area (Å²) in [5.41, 5.74) is 1.20. The van der Waals surface area contributed by atoms with E-state index in [1.54, 1.807) is 0 Å². The van der Waals surface area contributed by atoms with Crippen molar-refractivity contribution < 1.29 is 9.46 Å². The van der Waals surface area contributed by atoms with Gasteiger partial charge in [-0.3, -0.25) is 0 Å². The standard InChI is InChI=1S/C12H15O2P/c13-15(14)11-7-2-1-4-8-12-9-5-3-6-10-12/h3-6,8-10H,1-2,7,11H2/p+1. The summed E-state index contributed by atoms with van der Waals surface area (Å²) < 4.78 is 10.4. The average Bonchev–Trinajstić information content (AvgIpc) is 2.24. The molecule has 0 bridgehead atoms. The molecule has 15 heavy (non-hydrogen) atoms. The van der Waals surface area contributed by atoms with Crippen molar-refractivity contribution in [3.8, 4) is 0 Å². The third kappa shape index (κ3) is 6.16. The molecule has 0 heterocycles. The molecule has 0 aromatic heterocycles. The van der Waals surface area contributed by atoms with Crippen molar-refractivity contribution in [1.82, 2.24) is 0 Å². The van der Waals surface area contributed by atoms with Crippen molar-refractivity contribution in [2.24, 2.45) is 0 Å². The van der Waals surface area contributed by atoms with Crippen LogP contribution in [0.2, 0.25) is 0 Å². The predicted octanol–water partition coefficient (Wildman–Crippen LogP) is 3.60. The Kier molecular flexibility index (Phi) is 5.91. The number of hydrogen-bond donors (Lipinski definition) is 1. The van der Waals surface area contributed by atoms with E-state index in [0.29, 0.717) is 6.16 Å². The maximum absolute atomic E-state index is 10.4. The van der Waals surface area contributed by atoms with E-state index in [1.807, 2.05) is 18.2 Å². The first-order chi connectivity index (χ1) is 7.29. The molecule has 0 fully saturated rings. The zero-order chi connectivity index (χ0) is 10.9. The van der Waals surface area contributed by atoms with Gasteiger partial charge in [-0.05, 0) is 29.4 Å². The van der Waals surface area contributed by atoms with Crippen LogP contribution < -0.4 is 0 Å². The van der Waals surface area contributed by atoms with Gasteiger partial charge in [-0.1, -0.05) is 42.5 Å². The quantitative estimate of drug-likeness (QED) is 0.591. The van der Waals surface area contributed by atoms with Crippen molar-refractivity contribution in [3.63, 3.8) is 0 Å². The molecular weight excluding hydrogens is 207 g/mol. The fourth-order valence-electron chi connectivity index (χ4n) is 1.29. The molecular formula is C12H16O2P+. The highest BCUT2D eigenvalue weighted by Gasteiger charge is 2.06. The van der Waals surface area contributed by atoms with Gasteiger partial charge in [0, 0.05) is 0 Å². The zero-order valence-electron chi connectivity index (χ0n) is 8.67. The Labute approximate surface area is 91.5 Å². The molecule has 0 spiro atoms. The molecule has 1 N–H and O–H groups in total. The van der Waals surface area contributed by atoms with E-state index < -0.39 is 8.03 Å². The van der Waals surface area contributed by atoms with Crippen molar-refractivity contribution in [2.75, 3.05) is 6.16 Å². The summed E-state index contributed by atoms with van der Waals surface area (Å²) in [5.74, 6) is 0. The van der Waals surface area contributed by atoms with Gasteiger partial charge in [0.15, 0.2) is 6.16 Å². The lowest BCUT2D eigenvalue weighted by Crippen LogP contribution is -1.78. The number of allylic oxidation sites excluding steroid dienone is 1. The van der Waals surface area contributed by atoms with Crippen LogP contribution in [0.4, 0.5) is 0 Å². The summed E-state index contributed by atoms with van der Waals surface area (Å²) in [7, 11) is -1.94. The van der Waals surface area contributed by atoms with E-state index in [9.17, 15) is 4.57 Å². The average molecular weight is 223 g/mol. The third-order valence-corrected chi connectivity index (χ3v) is 2.78. The highest BCUT2D eigenvalue weighted by Crippen LogP contribution is 2.15. The molecule has 0 aliphatic rings. The summed E-state index contributed by atoms with van der Waals surface area (Å²) in [6.07, 6.45) is 7.39. The molecule has 1 unspecified atom stereocenters. The fraction of sp³-hybridized carbons (Fsp3) is 0.333.